The van der Waals surface area contributed by atoms with Gasteiger partial charge in [-0.25, -0.2) is 9.97 Å². The highest BCUT2D eigenvalue weighted by atomic mass is 16.3. The number of aliphatic hydroxyl groups excluding tert-OH is 1. The Morgan fingerprint density at radius 1 is 1.21 bits per heavy atom. The molecule has 0 bridgehead atoms. The average molecular weight is 193 g/mol. The molecule has 76 valence electrons. The summed E-state index contributed by atoms with van der Waals surface area (Å²) in [5.41, 5.74) is 0. The van der Waals surface area contributed by atoms with Crippen molar-refractivity contribution in [3.05, 3.63) is 18.5 Å². The third-order valence-corrected chi connectivity index (χ3v) is 2.61. The van der Waals surface area contributed by atoms with Gasteiger partial charge in [-0.3, -0.25) is 0 Å². The predicted octanol–water partition coefficient (Wildman–Crippen LogP) is 1.19. The zero-order valence-electron chi connectivity index (χ0n) is 8.06. The van der Waals surface area contributed by atoms with Gasteiger partial charge in [0, 0.05) is 12.4 Å². The maximum absolute atomic E-state index is 9.71. The Kier molecular flexibility index (Phi) is 2.93. The molecule has 2 N–H and O–H groups in total. The van der Waals surface area contributed by atoms with E-state index < -0.39 is 0 Å². The lowest BCUT2D eigenvalue weighted by molar-refractivity contribution is 0.116. The van der Waals surface area contributed by atoms with Gasteiger partial charge in [-0.2, -0.15) is 0 Å². The largest absolute Gasteiger partial charge is 0.391 e. The molecule has 4 heteroatoms. The van der Waals surface area contributed by atoms with Crippen molar-refractivity contribution in [2.45, 2.75) is 37.8 Å². The van der Waals surface area contributed by atoms with E-state index >= 15 is 0 Å². The minimum Gasteiger partial charge on any atom is -0.391 e. The van der Waals surface area contributed by atoms with E-state index in [4.69, 9.17) is 0 Å². The number of hydrogen-bond donors (Lipinski definition) is 2. The SMILES string of the molecule is OC1CCCCC1Nc1ncccn1. The number of aromatic nitrogens is 2. The molecule has 14 heavy (non-hydrogen) atoms. The van der Waals surface area contributed by atoms with Gasteiger partial charge in [0.1, 0.15) is 0 Å². The maximum Gasteiger partial charge on any atom is 0.222 e. The number of aliphatic hydroxyl groups is 1. The molecule has 2 unspecified atom stereocenters. The van der Waals surface area contributed by atoms with Crippen molar-refractivity contribution in [3.63, 3.8) is 0 Å². The molecule has 1 aromatic rings. The number of hydrogen-bond acceptors (Lipinski definition) is 4. The fourth-order valence-electron chi connectivity index (χ4n) is 1.82. The number of anilines is 1. The van der Waals surface area contributed by atoms with E-state index in [2.05, 4.69) is 15.3 Å². The monoisotopic (exact) mass is 193 g/mol. The molecule has 1 heterocycles. The summed E-state index contributed by atoms with van der Waals surface area (Å²) in [5, 5.41) is 12.9. The van der Waals surface area contributed by atoms with Crippen LogP contribution < -0.4 is 5.32 Å². The van der Waals surface area contributed by atoms with E-state index in [1.54, 1.807) is 18.5 Å². The van der Waals surface area contributed by atoms with Crippen molar-refractivity contribution in [3.8, 4) is 0 Å². The first kappa shape index (κ1) is 9.40. The van der Waals surface area contributed by atoms with Crippen LogP contribution in [0.15, 0.2) is 18.5 Å². The summed E-state index contributed by atoms with van der Waals surface area (Å²) in [4.78, 5) is 8.15. The summed E-state index contributed by atoms with van der Waals surface area (Å²) < 4.78 is 0. The first-order valence-electron chi connectivity index (χ1n) is 5.08. The molecule has 0 amide bonds. The van der Waals surface area contributed by atoms with E-state index in [1.165, 1.54) is 6.42 Å². The lowest BCUT2D eigenvalue weighted by Crippen LogP contribution is -2.36. The summed E-state index contributed by atoms with van der Waals surface area (Å²) in [6, 6.07) is 1.90. The fraction of sp³-hybridized carbons (Fsp3) is 0.600. The van der Waals surface area contributed by atoms with Crippen LogP contribution in [0.2, 0.25) is 0 Å². The van der Waals surface area contributed by atoms with Gasteiger partial charge in [0.25, 0.3) is 0 Å². The smallest absolute Gasteiger partial charge is 0.222 e. The molecule has 2 rings (SSSR count). The standard InChI is InChI=1S/C10H15N3O/c14-9-5-2-1-4-8(9)13-10-11-6-3-7-12-10/h3,6-9,14H,1-2,4-5H2,(H,11,12,13). The molecule has 1 aliphatic rings. The van der Waals surface area contributed by atoms with Gasteiger partial charge in [-0.1, -0.05) is 12.8 Å². The molecule has 1 aliphatic carbocycles. The van der Waals surface area contributed by atoms with Crippen LogP contribution in [0.3, 0.4) is 0 Å². The quantitative estimate of drug-likeness (QED) is 0.740. The van der Waals surface area contributed by atoms with Crippen LogP contribution in [0, 0.1) is 0 Å². The second kappa shape index (κ2) is 4.37. The second-order valence-electron chi connectivity index (χ2n) is 3.68. The minimum absolute atomic E-state index is 0.117. The van der Waals surface area contributed by atoms with Crippen LogP contribution in [0.1, 0.15) is 25.7 Å². The Hall–Kier alpha value is -1.16. The van der Waals surface area contributed by atoms with Crippen molar-refractivity contribution < 1.29 is 5.11 Å². The Labute approximate surface area is 83.4 Å². The molecule has 4 nitrogen and oxygen atoms in total. The van der Waals surface area contributed by atoms with Crippen molar-refractivity contribution in [2.75, 3.05) is 5.32 Å². The van der Waals surface area contributed by atoms with Gasteiger partial charge in [0.05, 0.1) is 12.1 Å². The van der Waals surface area contributed by atoms with Crippen LogP contribution >= 0.6 is 0 Å². The molecule has 1 fully saturated rings. The Morgan fingerprint density at radius 2 is 1.93 bits per heavy atom. The highest BCUT2D eigenvalue weighted by Gasteiger charge is 2.23. The Morgan fingerprint density at radius 3 is 2.64 bits per heavy atom. The van der Waals surface area contributed by atoms with Crippen LogP contribution in [-0.2, 0) is 0 Å². The van der Waals surface area contributed by atoms with E-state index in [0.29, 0.717) is 5.95 Å². The highest BCUT2D eigenvalue weighted by molar-refractivity contribution is 5.25. The normalized spacial score (nSPS) is 27.2. The summed E-state index contributed by atoms with van der Waals surface area (Å²) >= 11 is 0. The lowest BCUT2D eigenvalue weighted by Gasteiger charge is -2.28. The third kappa shape index (κ3) is 2.20. The second-order valence-corrected chi connectivity index (χ2v) is 3.68. The van der Waals surface area contributed by atoms with Crippen molar-refractivity contribution in [1.29, 1.82) is 0 Å². The molecule has 0 radical (unpaired) electrons. The summed E-state index contributed by atoms with van der Waals surface area (Å²) in [6.45, 7) is 0. The first-order valence-corrected chi connectivity index (χ1v) is 5.08. The van der Waals surface area contributed by atoms with Gasteiger partial charge in [0.15, 0.2) is 0 Å². The van der Waals surface area contributed by atoms with Gasteiger partial charge >= 0.3 is 0 Å². The van der Waals surface area contributed by atoms with Crippen LogP contribution in [0.25, 0.3) is 0 Å². The van der Waals surface area contributed by atoms with Crippen molar-refractivity contribution in [1.82, 2.24) is 9.97 Å². The molecular weight excluding hydrogens is 178 g/mol. The van der Waals surface area contributed by atoms with Gasteiger partial charge in [-0.15, -0.1) is 0 Å². The topological polar surface area (TPSA) is 58.0 Å². The van der Waals surface area contributed by atoms with Gasteiger partial charge in [-0.05, 0) is 18.9 Å². The summed E-state index contributed by atoms with van der Waals surface area (Å²) in [6.07, 6.45) is 7.31. The maximum atomic E-state index is 9.71. The lowest BCUT2D eigenvalue weighted by atomic mass is 9.93. The van der Waals surface area contributed by atoms with E-state index in [0.717, 1.165) is 19.3 Å². The summed E-state index contributed by atoms with van der Waals surface area (Å²) in [5.74, 6) is 0.610. The Bertz CT molecular complexity index is 278. The van der Waals surface area contributed by atoms with E-state index in [-0.39, 0.29) is 12.1 Å². The highest BCUT2D eigenvalue weighted by Crippen LogP contribution is 2.20. The van der Waals surface area contributed by atoms with Gasteiger partial charge in [0.2, 0.25) is 5.95 Å². The number of nitrogens with zero attached hydrogens (tertiary/aromatic N) is 2. The van der Waals surface area contributed by atoms with Crippen molar-refractivity contribution in [2.24, 2.45) is 0 Å². The average Bonchev–Trinajstić information content (AvgIpc) is 2.23. The molecular formula is C10H15N3O. The van der Waals surface area contributed by atoms with Crippen molar-refractivity contribution >= 4 is 5.95 Å². The Balaban J connectivity index is 1.96. The number of nitrogens with one attached hydrogen (secondary N) is 1. The summed E-state index contributed by atoms with van der Waals surface area (Å²) in [7, 11) is 0. The minimum atomic E-state index is -0.257. The number of rotatable bonds is 2. The molecule has 0 spiro atoms. The van der Waals surface area contributed by atoms with Gasteiger partial charge < -0.3 is 10.4 Å². The van der Waals surface area contributed by atoms with E-state index in [1.807, 2.05) is 0 Å². The van der Waals surface area contributed by atoms with Crippen LogP contribution in [0.4, 0.5) is 5.95 Å². The van der Waals surface area contributed by atoms with Crippen LogP contribution in [-0.4, -0.2) is 27.2 Å². The molecule has 0 aliphatic heterocycles. The molecule has 2 atom stereocenters. The zero-order chi connectivity index (χ0) is 9.80. The zero-order valence-corrected chi connectivity index (χ0v) is 8.06. The molecule has 0 saturated heterocycles. The molecule has 1 aromatic heterocycles. The first-order chi connectivity index (χ1) is 6.86. The molecule has 1 saturated carbocycles. The van der Waals surface area contributed by atoms with E-state index in [9.17, 15) is 5.11 Å². The van der Waals surface area contributed by atoms with Crippen LogP contribution in [0.5, 0.6) is 0 Å². The third-order valence-electron chi connectivity index (χ3n) is 2.61. The molecule has 0 aromatic carbocycles. The predicted molar refractivity (Wildman–Crippen MR) is 53.9 cm³/mol. The fourth-order valence-corrected chi connectivity index (χ4v) is 1.82.